The number of anilines is 1. The number of carbonyl (C=O) groups is 1. The van der Waals surface area contributed by atoms with Gasteiger partial charge in [-0.15, -0.1) is 0 Å². The van der Waals surface area contributed by atoms with E-state index < -0.39 is 4.92 Å². The number of nitrogens with one attached hydrogen (secondary N) is 2. The van der Waals surface area contributed by atoms with Gasteiger partial charge in [0.15, 0.2) is 0 Å². The molecule has 0 radical (unpaired) electrons. The fourth-order valence-corrected chi connectivity index (χ4v) is 2.84. The molecule has 28 heavy (non-hydrogen) atoms. The van der Waals surface area contributed by atoms with Gasteiger partial charge in [0.25, 0.3) is 11.6 Å². The summed E-state index contributed by atoms with van der Waals surface area (Å²) in [5.41, 5.74) is 1.27. The minimum absolute atomic E-state index is 0.0352. The van der Waals surface area contributed by atoms with Crippen LogP contribution in [-0.4, -0.2) is 42.4 Å². The molecule has 0 aliphatic carbocycles. The Kier molecular flexibility index (Phi) is 7.78. The first-order chi connectivity index (χ1) is 13.3. The summed E-state index contributed by atoms with van der Waals surface area (Å²) in [4.78, 5) is 25.4. The molecule has 150 valence electrons. The molecular formula is C20H25ClN4O3. The quantitative estimate of drug-likeness (QED) is 0.488. The maximum Gasteiger partial charge on any atom is 0.293 e. The molecule has 1 amide bonds. The summed E-state index contributed by atoms with van der Waals surface area (Å²) in [7, 11) is 3.93. The Hall–Kier alpha value is -2.64. The van der Waals surface area contributed by atoms with E-state index in [1.165, 1.54) is 6.07 Å². The fourth-order valence-electron chi connectivity index (χ4n) is 2.64. The van der Waals surface area contributed by atoms with Crippen LogP contribution in [0, 0.1) is 10.1 Å². The minimum atomic E-state index is -0.499. The summed E-state index contributed by atoms with van der Waals surface area (Å²) in [5.74, 6) is -0.327. The van der Waals surface area contributed by atoms with E-state index in [0.29, 0.717) is 17.3 Å². The summed E-state index contributed by atoms with van der Waals surface area (Å²) in [5, 5.41) is 18.0. The van der Waals surface area contributed by atoms with Crippen LogP contribution in [-0.2, 0) is 6.54 Å². The van der Waals surface area contributed by atoms with Crippen molar-refractivity contribution in [2.45, 2.75) is 25.9 Å². The second-order valence-electron chi connectivity index (χ2n) is 6.90. The highest BCUT2D eigenvalue weighted by molar-refractivity contribution is 6.31. The standard InChI is InChI=1S/C20H25ClN4O3/c1-14(10-11-24(2)3)23-20(26)15-8-9-18(19(12-15)25(27)28)22-13-16-6-4-5-7-17(16)21/h4-9,12,14,22H,10-11,13H2,1-3H3,(H,23,26). The Balaban J connectivity index is 2.10. The van der Waals surface area contributed by atoms with Crippen molar-refractivity contribution < 1.29 is 9.72 Å². The highest BCUT2D eigenvalue weighted by Gasteiger charge is 2.18. The van der Waals surface area contributed by atoms with Crippen LogP contribution < -0.4 is 10.6 Å². The molecule has 8 heteroatoms. The van der Waals surface area contributed by atoms with Crippen molar-refractivity contribution in [1.29, 1.82) is 0 Å². The molecule has 2 N–H and O–H groups in total. The average molecular weight is 405 g/mol. The number of rotatable bonds is 9. The molecule has 0 saturated carbocycles. The molecule has 1 unspecified atom stereocenters. The number of nitro benzene ring substituents is 1. The third-order valence-corrected chi connectivity index (χ3v) is 4.64. The lowest BCUT2D eigenvalue weighted by Crippen LogP contribution is -2.34. The molecular weight excluding hydrogens is 380 g/mol. The van der Waals surface area contributed by atoms with Crippen molar-refractivity contribution in [1.82, 2.24) is 10.2 Å². The van der Waals surface area contributed by atoms with Crippen molar-refractivity contribution in [3.05, 3.63) is 68.7 Å². The van der Waals surface area contributed by atoms with Crippen LogP contribution in [0.5, 0.6) is 0 Å². The van der Waals surface area contributed by atoms with E-state index in [-0.39, 0.29) is 23.2 Å². The zero-order valence-electron chi connectivity index (χ0n) is 16.2. The van der Waals surface area contributed by atoms with E-state index in [1.54, 1.807) is 18.2 Å². The first kappa shape index (κ1) is 21.7. The maximum atomic E-state index is 12.4. The van der Waals surface area contributed by atoms with Crippen LogP contribution >= 0.6 is 11.6 Å². The molecule has 0 bridgehead atoms. The van der Waals surface area contributed by atoms with Gasteiger partial charge in [0.05, 0.1) is 4.92 Å². The summed E-state index contributed by atoms with van der Waals surface area (Å²) in [6, 6.07) is 11.7. The zero-order chi connectivity index (χ0) is 20.7. The topological polar surface area (TPSA) is 87.5 Å². The maximum absolute atomic E-state index is 12.4. The second-order valence-corrected chi connectivity index (χ2v) is 7.31. The van der Waals surface area contributed by atoms with Crippen LogP contribution in [0.1, 0.15) is 29.3 Å². The normalized spacial score (nSPS) is 11.9. The Morgan fingerprint density at radius 1 is 1.25 bits per heavy atom. The predicted octanol–water partition coefficient (Wildman–Crippen LogP) is 3.93. The van der Waals surface area contributed by atoms with Crippen molar-refractivity contribution >= 4 is 28.9 Å². The predicted molar refractivity (Wildman–Crippen MR) is 112 cm³/mol. The SMILES string of the molecule is CC(CCN(C)C)NC(=O)c1ccc(NCc2ccccc2Cl)c([N+](=O)[O-])c1. The molecule has 0 saturated heterocycles. The van der Waals surface area contributed by atoms with Gasteiger partial charge in [0, 0.05) is 29.2 Å². The van der Waals surface area contributed by atoms with Crippen molar-refractivity contribution in [3.63, 3.8) is 0 Å². The van der Waals surface area contributed by atoms with Crippen molar-refractivity contribution in [2.75, 3.05) is 26.0 Å². The molecule has 0 heterocycles. The Bertz CT molecular complexity index is 842. The Morgan fingerprint density at radius 2 is 1.96 bits per heavy atom. The molecule has 0 aliphatic heterocycles. The molecule has 0 fully saturated rings. The van der Waals surface area contributed by atoms with Gasteiger partial charge in [-0.1, -0.05) is 29.8 Å². The van der Waals surface area contributed by atoms with Gasteiger partial charge in [-0.25, -0.2) is 0 Å². The van der Waals surface area contributed by atoms with Gasteiger partial charge in [-0.05, 0) is 57.7 Å². The van der Waals surface area contributed by atoms with E-state index in [0.717, 1.165) is 18.5 Å². The smallest absolute Gasteiger partial charge is 0.293 e. The van der Waals surface area contributed by atoms with Crippen molar-refractivity contribution in [3.8, 4) is 0 Å². The van der Waals surface area contributed by atoms with Crippen LogP contribution in [0.3, 0.4) is 0 Å². The summed E-state index contributed by atoms with van der Waals surface area (Å²) in [6.45, 7) is 3.09. The summed E-state index contributed by atoms with van der Waals surface area (Å²) >= 11 is 6.12. The van der Waals surface area contributed by atoms with E-state index in [1.807, 2.05) is 44.1 Å². The van der Waals surface area contributed by atoms with Crippen LogP contribution in [0.15, 0.2) is 42.5 Å². The summed E-state index contributed by atoms with van der Waals surface area (Å²) in [6.07, 6.45) is 0.790. The molecule has 2 aromatic carbocycles. The highest BCUT2D eigenvalue weighted by Crippen LogP contribution is 2.27. The number of nitrogens with zero attached hydrogens (tertiary/aromatic N) is 2. The van der Waals surface area contributed by atoms with E-state index >= 15 is 0 Å². The van der Waals surface area contributed by atoms with E-state index in [4.69, 9.17) is 11.6 Å². The third kappa shape index (κ3) is 6.21. The molecule has 0 spiro atoms. The molecule has 0 aromatic heterocycles. The first-order valence-corrected chi connectivity index (χ1v) is 9.37. The van der Waals surface area contributed by atoms with E-state index in [9.17, 15) is 14.9 Å². The lowest BCUT2D eigenvalue weighted by molar-refractivity contribution is -0.384. The monoisotopic (exact) mass is 404 g/mol. The van der Waals surface area contributed by atoms with Gasteiger partial charge < -0.3 is 15.5 Å². The van der Waals surface area contributed by atoms with Crippen LogP contribution in [0.2, 0.25) is 5.02 Å². The van der Waals surface area contributed by atoms with Gasteiger partial charge in [0.2, 0.25) is 0 Å². The third-order valence-electron chi connectivity index (χ3n) is 4.27. The van der Waals surface area contributed by atoms with Crippen molar-refractivity contribution in [2.24, 2.45) is 0 Å². The highest BCUT2D eigenvalue weighted by atomic mass is 35.5. The number of nitro groups is 1. The molecule has 7 nitrogen and oxygen atoms in total. The van der Waals surface area contributed by atoms with Gasteiger partial charge >= 0.3 is 0 Å². The van der Waals surface area contributed by atoms with Crippen LogP contribution in [0.25, 0.3) is 0 Å². The number of hydrogen-bond donors (Lipinski definition) is 2. The van der Waals surface area contributed by atoms with Gasteiger partial charge in [-0.2, -0.15) is 0 Å². The lowest BCUT2D eigenvalue weighted by Gasteiger charge is -2.17. The largest absolute Gasteiger partial charge is 0.375 e. The number of hydrogen-bond acceptors (Lipinski definition) is 5. The minimum Gasteiger partial charge on any atom is -0.375 e. The molecule has 1 atom stereocenters. The Morgan fingerprint density at radius 3 is 2.61 bits per heavy atom. The molecule has 2 rings (SSSR count). The number of carbonyl (C=O) groups excluding carboxylic acids is 1. The Labute approximate surface area is 169 Å². The lowest BCUT2D eigenvalue weighted by atomic mass is 10.1. The molecule has 0 aliphatic rings. The fraction of sp³-hybridized carbons (Fsp3) is 0.350. The number of halogens is 1. The first-order valence-electron chi connectivity index (χ1n) is 8.99. The number of benzene rings is 2. The summed E-state index contributed by atoms with van der Waals surface area (Å²) < 4.78 is 0. The molecule has 2 aromatic rings. The van der Waals surface area contributed by atoms with Gasteiger partial charge in [0.1, 0.15) is 5.69 Å². The number of amides is 1. The van der Waals surface area contributed by atoms with E-state index in [2.05, 4.69) is 10.6 Å². The second kappa shape index (κ2) is 10.1. The van der Waals surface area contributed by atoms with Gasteiger partial charge in [-0.3, -0.25) is 14.9 Å². The zero-order valence-corrected chi connectivity index (χ0v) is 17.0. The van der Waals surface area contributed by atoms with Crippen LogP contribution in [0.4, 0.5) is 11.4 Å². The average Bonchev–Trinajstić information content (AvgIpc) is 2.65.